The van der Waals surface area contributed by atoms with E-state index < -0.39 is 0 Å². The predicted molar refractivity (Wildman–Crippen MR) is 112 cm³/mol. The smallest absolute Gasteiger partial charge is 0.243 e. The molecule has 0 fully saturated rings. The fourth-order valence-electron chi connectivity index (χ4n) is 2.94. The van der Waals surface area contributed by atoms with Crippen LogP contribution in [0.1, 0.15) is 27.3 Å². The molecular weight excluding hydrogens is 366 g/mol. The molecule has 0 aliphatic rings. The van der Waals surface area contributed by atoms with Crippen molar-refractivity contribution in [1.82, 2.24) is 9.88 Å². The maximum absolute atomic E-state index is 12.7. The van der Waals surface area contributed by atoms with Gasteiger partial charge in [-0.05, 0) is 31.2 Å². The second-order valence-corrected chi connectivity index (χ2v) is 6.83. The summed E-state index contributed by atoms with van der Waals surface area (Å²) >= 11 is 0. The Morgan fingerprint density at radius 3 is 2.24 bits per heavy atom. The summed E-state index contributed by atoms with van der Waals surface area (Å²) in [4.78, 5) is 36.8. The van der Waals surface area contributed by atoms with E-state index in [9.17, 15) is 14.4 Å². The minimum absolute atomic E-state index is 0.0797. The third-order valence-corrected chi connectivity index (χ3v) is 4.62. The molecule has 6 heteroatoms. The van der Waals surface area contributed by atoms with E-state index in [2.05, 4.69) is 10.6 Å². The number of para-hydroxylation sites is 1. The second kappa shape index (κ2) is 9.01. The van der Waals surface area contributed by atoms with Crippen molar-refractivity contribution in [1.29, 1.82) is 0 Å². The molecule has 0 atom stereocenters. The second-order valence-electron chi connectivity index (χ2n) is 6.83. The molecular formula is C23H23N3O3. The number of benzene rings is 2. The van der Waals surface area contributed by atoms with E-state index in [1.54, 1.807) is 48.0 Å². The van der Waals surface area contributed by atoms with Gasteiger partial charge in [0.1, 0.15) is 0 Å². The van der Waals surface area contributed by atoms with E-state index >= 15 is 0 Å². The molecule has 1 heterocycles. The highest BCUT2D eigenvalue weighted by atomic mass is 16.2. The monoisotopic (exact) mass is 389 g/mol. The minimum Gasteiger partial charge on any atom is -0.347 e. The molecule has 6 nitrogen and oxygen atoms in total. The fourth-order valence-corrected chi connectivity index (χ4v) is 2.94. The molecule has 2 N–H and O–H groups in total. The van der Waals surface area contributed by atoms with Crippen molar-refractivity contribution in [3.05, 3.63) is 89.2 Å². The van der Waals surface area contributed by atoms with Gasteiger partial charge in [-0.25, -0.2) is 0 Å². The molecule has 2 amide bonds. The average Bonchev–Trinajstić information content (AvgIpc) is 3.07. The lowest BCUT2D eigenvalue weighted by Crippen LogP contribution is -2.34. The molecule has 148 valence electrons. The number of aryl methyl sites for hydroxylation is 1. The first-order valence-electron chi connectivity index (χ1n) is 9.31. The number of nitrogens with one attached hydrogen (secondary N) is 2. The van der Waals surface area contributed by atoms with Crippen molar-refractivity contribution in [2.45, 2.75) is 13.3 Å². The molecule has 1 aromatic heterocycles. The van der Waals surface area contributed by atoms with Gasteiger partial charge in [-0.3, -0.25) is 14.4 Å². The maximum atomic E-state index is 12.7. The number of nitrogens with zero attached hydrogens (tertiary/aromatic N) is 1. The minimum atomic E-state index is -0.299. The Bertz CT molecular complexity index is 1020. The van der Waals surface area contributed by atoms with Gasteiger partial charge in [-0.15, -0.1) is 0 Å². The van der Waals surface area contributed by atoms with Crippen molar-refractivity contribution in [2.75, 3.05) is 11.9 Å². The van der Waals surface area contributed by atoms with Crippen LogP contribution < -0.4 is 10.6 Å². The van der Waals surface area contributed by atoms with Gasteiger partial charge in [0, 0.05) is 24.0 Å². The van der Waals surface area contributed by atoms with E-state index in [-0.39, 0.29) is 30.6 Å². The molecule has 0 unspecified atom stereocenters. The number of hydrogen-bond acceptors (Lipinski definition) is 3. The number of amides is 2. The van der Waals surface area contributed by atoms with Crippen LogP contribution >= 0.6 is 0 Å². The van der Waals surface area contributed by atoms with E-state index in [1.165, 1.54) is 0 Å². The lowest BCUT2D eigenvalue weighted by Gasteiger charge is -2.09. The highest BCUT2D eigenvalue weighted by molar-refractivity contribution is 6.08. The Balaban J connectivity index is 1.56. The summed E-state index contributed by atoms with van der Waals surface area (Å²) in [6.45, 7) is 1.85. The number of hydrogen-bond donors (Lipinski definition) is 2. The zero-order chi connectivity index (χ0) is 20.8. The molecule has 2 aromatic carbocycles. The lowest BCUT2D eigenvalue weighted by molar-refractivity contribution is -0.123. The van der Waals surface area contributed by atoms with Crippen molar-refractivity contribution in [3.8, 4) is 0 Å². The maximum Gasteiger partial charge on any atom is 0.243 e. The predicted octanol–water partition coefficient (Wildman–Crippen LogP) is 2.86. The molecule has 0 saturated carbocycles. The van der Waals surface area contributed by atoms with Gasteiger partial charge < -0.3 is 15.2 Å². The van der Waals surface area contributed by atoms with Crippen LogP contribution in [0.25, 0.3) is 0 Å². The van der Waals surface area contributed by atoms with E-state index in [1.807, 2.05) is 37.3 Å². The normalized spacial score (nSPS) is 10.4. The van der Waals surface area contributed by atoms with Crippen molar-refractivity contribution in [2.24, 2.45) is 7.05 Å². The van der Waals surface area contributed by atoms with Crippen LogP contribution in [-0.4, -0.2) is 28.7 Å². The third-order valence-electron chi connectivity index (χ3n) is 4.62. The van der Waals surface area contributed by atoms with E-state index in [4.69, 9.17) is 0 Å². The van der Waals surface area contributed by atoms with Gasteiger partial charge in [-0.1, -0.05) is 48.0 Å². The van der Waals surface area contributed by atoms with Gasteiger partial charge in [0.15, 0.2) is 0 Å². The fraction of sp³-hybridized carbons (Fsp3) is 0.174. The first-order chi connectivity index (χ1) is 13.9. The summed E-state index contributed by atoms with van der Waals surface area (Å²) in [6.07, 6.45) is 0.0797. The molecule has 29 heavy (non-hydrogen) atoms. The molecule has 0 radical (unpaired) electrons. The van der Waals surface area contributed by atoms with Crippen LogP contribution in [0, 0.1) is 6.92 Å². The average molecular weight is 389 g/mol. The van der Waals surface area contributed by atoms with Crippen molar-refractivity contribution < 1.29 is 14.4 Å². The van der Waals surface area contributed by atoms with Crippen LogP contribution in [0.3, 0.4) is 0 Å². The quantitative estimate of drug-likeness (QED) is 0.610. The van der Waals surface area contributed by atoms with Gasteiger partial charge in [0.2, 0.25) is 17.6 Å². The Kier molecular flexibility index (Phi) is 6.24. The Morgan fingerprint density at radius 2 is 1.55 bits per heavy atom. The molecule has 0 saturated heterocycles. The number of anilines is 1. The number of rotatable bonds is 7. The SMILES string of the molecule is Cc1ccc(C(=O)c2ccc(CC(=O)NCC(=O)Nc3ccccc3)n2C)cc1. The molecule has 0 bridgehead atoms. The first-order valence-corrected chi connectivity index (χ1v) is 9.31. The molecule has 0 aliphatic heterocycles. The number of carbonyl (C=O) groups excluding carboxylic acids is 3. The summed E-state index contributed by atoms with van der Waals surface area (Å²) in [6, 6.07) is 19.9. The molecule has 0 spiro atoms. The molecule has 3 aromatic rings. The number of carbonyl (C=O) groups is 3. The van der Waals surface area contributed by atoms with E-state index in [0.29, 0.717) is 22.6 Å². The molecule has 3 rings (SSSR count). The lowest BCUT2D eigenvalue weighted by atomic mass is 10.1. The van der Waals surface area contributed by atoms with Gasteiger partial charge in [0.25, 0.3) is 0 Å². The summed E-state index contributed by atoms with van der Waals surface area (Å²) in [5.74, 6) is -0.684. The zero-order valence-corrected chi connectivity index (χ0v) is 16.4. The highest BCUT2D eigenvalue weighted by Gasteiger charge is 2.16. The third kappa shape index (κ3) is 5.19. The Morgan fingerprint density at radius 1 is 0.862 bits per heavy atom. The number of ketones is 1. The van der Waals surface area contributed by atoms with Gasteiger partial charge >= 0.3 is 0 Å². The number of aromatic nitrogens is 1. The standard InChI is InChI=1S/C23H23N3O3/c1-16-8-10-17(11-9-16)23(29)20-13-12-19(26(20)2)14-21(27)24-15-22(28)25-18-6-4-3-5-7-18/h3-13H,14-15H2,1-2H3,(H,24,27)(H,25,28). The van der Waals surface area contributed by atoms with Crippen LogP contribution in [-0.2, 0) is 23.1 Å². The molecule has 0 aliphatic carbocycles. The van der Waals surface area contributed by atoms with Crippen LogP contribution in [0.15, 0.2) is 66.7 Å². The van der Waals surface area contributed by atoms with Crippen LogP contribution in [0.4, 0.5) is 5.69 Å². The summed E-state index contributed by atoms with van der Waals surface area (Å²) in [7, 11) is 1.76. The first kappa shape index (κ1) is 20.1. The van der Waals surface area contributed by atoms with E-state index in [0.717, 1.165) is 5.56 Å². The summed E-state index contributed by atoms with van der Waals surface area (Å²) in [5.41, 5.74) is 3.57. The van der Waals surface area contributed by atoms with Crippen LogP contribution in [0.5, 0.6) is 0 Å². The highest BCUT2D eigenvalue weighted by Crippen LogP contribution is 2.14. The Labute approximate surface area is 169 Å². The van der Waals surface area contributed by atoms with Gasteiger partial charge in [-0.2, -0.15) is 0 Å². The summed E-state index contributed by atoms with van der Waals surface area (Å²) in [5, 5.41) is 5.32. The zero-order valence-electron chi connectivity index (χ0n) is 16.4. The largest absolute Gasteiger partial charge is 0.347 e. The topological polar surface area (TPSA) is 80.2 Å². The van der Waals surface area contributed by atoms with Crippen molar-refractivity contribution >= 4 is 23.3 Å². The Hall–Kier alpha value is -3.67. The van der Waals surface area contributed by atoms with Gasteiger partial charge in [0.05, 0.1) is 18.7 Å². The van der Waals surface area contributed by atoms with Crippen molar-refractivity contribution in [3.63, 3.8) is 0 Å². The van der Waals surface area contributed by atoms with Crippen LogP contribution in [0.2, 0.25) is 0 Å². The summed E-state index contributed by atoms with van der Waals surface area (Å²) < 4.78 is 1.71.